The zero-order chi connectivity index (χ0) is 13.2. The highest BCUT2D eigenvalue weighted by Crippen LogP contribution is 2.25. The Balaban J connectivity index is 1.87. The first-order valence-corrected chi connectivity index (χ1v) is 6.50. The van der Waals surface area contributed by atoms with Gasteiger partial charge in [-0.05, 0) is 42.7 Å². The van der Waals surface area contributed by atoms with Crippen LogP contribution in [0, 0.1) is 5.82 Å². The van der Waals surface area contributed by atoms with Crippen molar-refractivity contribution in [1.29, 1.82) is 0 Å². The van der Waals surface area contributed by atoms with Gasteiger partial charge in [-0.15, -0.1) is 0 Å². The van der Waals surface area contributed by atoms with Crippen molar-refractivity contribution in [2.24, 2.45) is 0 Å². The Bertz CT molecular complexity index is 574. The maximum absolute atomic E-state index is 13.4. The molecule has 3 rings (SSSR count). The number of nitrogens with zero attached hydrogens (tertiary/aromatic N) is 2. The molecule has 0 atom stereocenters. The lowest BCUT2D eigenvalue weighted by atomic mass is 10.1. The summed E-state index contributed by atoms with van der Waals surface area (Å²) in [5, 5.41) is 0. The fourth-order valence-electron chi connectivity index (χ4n) is 2.40. The van der Waals surface area contributed by atoms with Crippen LogP contribution in [0.25, 0.3) is 11.1 Å². The van der Waals surface area contributed by atoms with E-state index in [0.717, 1.165) is 30.0 Å². The molecule has 2 N–H and O–H groups in total. The Morgan fingerprint density at radius 3 is 2.42 bits per heavy atom. The molecule has 4 heteroatoms. The van der Waals surface area contributed by atoms with Crippen LogP contribution in [0.5, 0.6) is 0 Å². The molecular formula is C15H16FN3. The van der Waals surface area contributed by atoms with Gasteiger partial charge in [0.15, 0.2) is 0 Å². The van der Waals surface area contributed by atoms with Crippen molar-refractivity contribution >= 4 is 11.5 Å². The van der Waals surface area contributed by atoms with Gasteiger partial charge in [0.05, 0.1) is 5.69 Å². The van der Waals surface area contributed by atoms with Crippen LogP contribution >= 0.6 is 0 Å². The summed E-state index contributed by atoms with van der Waals surface area (Å²) in [5.41, 5.74) is 7.35. The van der Waals surface area contributed by atoms with Crippen LogP contribution in [0.2, 0.25) is 0 Å². The van der Waals surface area contributed by atoms with Gasteiger partial charge in [0.25, 0.3) is 0 Å². The van der Waals surface area contributed by atoms with E-state index in [-0.39, 0.29) is 11.5 Å². The van der Waals surface area contributed by atoms with Gasteiger partial charge in [0.1, 0.15) is 11.6 Å². The fourth-order valence-corrected chi connectivity index (χ4v) is 2.40. The van der Waals surface area contributed by atoms with Crippen LogP contribution in [-0.2, 0) is 0 Å². The highest BCUT2D eigenvalue weighted by molar-refractivity contribution is 5.66. The second-order valence-electron chi connectivity index (χ2n) is 4.84. The van der Waals surface area contributed by atoms with Gasteiger partial charge in [0, 0.05) is 24.8 Å². The van der Waals surface area contributed by atoms with Crippen molar-refractivity contribution in [2.75, 3.05) is 23.7 Å². The third-order valence-electron chi connectivity index (χ3n) is 3.51. The Hall–Kier alpha value is -2.10. The number of rotatable bonds is 2. The maximum Gasteiger partial charge on any atom is 0.146 e. The summed E-state index contributed by atoms with van der Waals surface area (Å²) in [6.07, 6.45) is 4.25. The van der Waals surface area contributed by atoms with Gasteiger partial charge in [-0.1, -0.05) is 6.07 Å². The van der Waals surface area contributed by atoms with Crippen LogP contribution in [0.15, 0.2) is 36.5 Å². The minimum atomic E-state index is -0.388. The van der Waals surface area contributed by atoms with Crippen LogP contribution in [0.1, 0.15) is 12.8 Å². The van der Waals surface area contributed by atoms with E-state index in [0.29, 0.717) is 0 Å². The summed E-state index contributed by atoms with van der Waals surface area (Å²) in [4.78, 5) is 6.73. The van der Waals surface area contributed by atoms with Gasteiger partial charge in [-0.3, -0.25) is 0 Å². The van der Waals surface area contributed by atoms with E-state index in [4.69, 9.17) is 5.73 Å². The summed E-state index contributed by atoms with van der Waals surface area (Å²) >= 11 is 0. The zero-order valence-corrected chi connectivity index (χ0v) is 10.6. The lowest BCUT2D eigenvalue weighted by Crippen LogP contribution is -2.18. The molecule has 1 aromatic carbocycles. The first kappa shape index (κ1) is 12.0. The molecule has 0 radical (unpaired) electrons. The molecule has 1 aliphatic heterocycles. The van der Waals surface area contributed by atoms with Crippen molar-refractivity contribution in [3.8, 4) is 11.1 Å². The quantitative estimate of drug-likeness (QED) is 0.841. The molecule has 98 valence electrons. The smallest absolute Gasteiger partial charge is 0.146 e. The van der Waals surface area contributed by atoms with Crippen molar-refractivity contribution in [2.45, 2.75) is 12.8 Å². The molecule has 0 spiro atoms. The Morgan fingerprint density at radius 1 is 1.05 bits per heavy atom. The Kier molecular flexibility index (Phi) is 3.07. The average molecular weight is 257 g/mol. The van der Waals surface area contributed by atoms with Gasteiger partial charge < -0.3 is 10.6 Å². The predicted octanol–water partition coefficient (Wildman–Crippen LogP) is 3.07. The molecular weight excluding hydrogens is 241 g/mol. The van der Waals surface area contributed by atoms with Crippen LogP contribution in [0.3, 0.4) is 0 Å². The predicted molar refractivity (Wildman–Crippen MR) is 75.5 cm³/mol. The van der Waals surface area contributed by atoms with E-state index in [9.17, 15) is 4.39 Å². The van der Waals surface area contributed by atoms with Crippen LogP contribution in [-0.4, -0.2) is 18.1 Å². The van der Waals surface area contributed by atoms with E-state index in [1.807, 2.05) is 18.2 Å². The van der Waals surface area contributed by atoms with Gasteiger partial charge in [-0.2, -0.15) is 0 Å². The number of hydrogen-bond donors (Lipinski definition) is 1. The lowest BCUT2D eigenvalue weighted by Gasteiger charge is -2.16. The third-order valence-corrected chi connectivity index (χ3v) is 3.51. The number of nitrogen functional groups attached to an aromatic ring is 1. The molecule has 2 heterocycles. The molecule has 1 aliphatic rings. The standard InChI is InChI=1S/C15H16FN3/c16-13-9-11(3-5-14(13)17)12-4-6-15(18-10-12)19-7-1-2-8-19/h3-6,9-10H,1-2,7-8,17H2. The summed E-state index contributed by atoms with van der Waals surface area (Å²) in [5.74, 6) is 0.610. The van der Waals surface area contributed by atoms with E-state index in [1.165, 1.54) is 18.9 Å². The lowest BCUT2D eigenvalue weighted by molar-refractivity contribution is 0.633. The van der Waals surface area contributed by atoms with Gasteiger partial charge >= 0.3 is 0 Å². The first-order valence-electron chi connectivity index (χ1n) is 6.50. The molecule has 1 aromatic heterocycles. The molecule has 19 heavy (non-hydrogen) atoms. The highest BCUT2D eigenvalue weighted by Gasteiger charge is 2.13. The average Bonchev–Trinajstić information content (AvgIpc) is 2.96. The monoisotopic (exact) mass is 257 g/mol. The minimum Gasteiger partial charge on any atom is -0.396 e. The Labute approximate surface area is 111 Å². The van der Waals surface area contributed by atoms with Gasteiger partial charge in [0.2, 0.25) is 0 Å². The molecule has 0 amide bonds. The molecule has 1 saturated heterocycles. The molecule has 0 saturated carbocycles. The number of anilines is 2. The van der Waals surface area contributed by atoms with E-state index in [1.54, 1.807) is 12.3 Å². The van der Waals surface area contributed by atoms with Crippen molar-refractivity contribution in [3.63, 3.8) is 0 Å². The van der Waals surface area contributed by atoms with Crippen molar-refractivity contribution in [3.05, 3.63) is 42.3 Å². The largest absolute Gasteiger partial charge is 0.396 e. The molecule has 0 aliphatic carbocycles. The maximum atomic E-state index is 13.4. The van der Waals surface area contributed by atoms with E-state index < -0.39 is 0 Å². The van der Waals surface area contributed by atoms with Crippen molar-refractivity contribution in [1.82, 2.24) is 4.98 Å². The topological polar surface area (TPSA) is 42.1 Å². The second kappa shape index (κ2) is 4.88. The molecule has 1 fully saturated rings. The number of benzene rings is 1. The minimum absolute atomic E-state index is 0.172. The number of aromatic nitrogens is 1. The molecule has 2 aromatic rings. The van der Waals surface area contributed by atoms with E-state index >= 15 is 0 Å². The number of hydrogen-bond acceptors (Lipinski definition) is 3. The van der Waals surface area contributed by atoms with Crippen LogP contribution < -0.4 is 10.6 Å². The zero-order valence-electron chi connectivity index (χ0n) is 10.6. The normalized spacial score (nSPS) is 14.9. The fraction of sp³-hybridized carbons (Fsp3) is 0.267. The van der Waals surface area contributed by atoms with Crippen LogP contribution in [0.4, 0.5) is 15.9 Å². The molecule has 3 nitrogen and oxygen atoms in total. The Morgan fingerprint density at radius 2 is 1.79 bits per heavy atom. The SMILES string of the molecule is Nc1ccc(-c2ccc(N3CCCC3)nc2)cc1F. The van der Waals surface area contributed by atoms with Gasteiger partial charge in [-0.25, -0.2) is 9.37 Å². The number of nitrogens with two attached hydrogens (primary N) is 1. The number of halogens is 1. The van der Waals surface area contributed by atoms with Crippen molar-refractivity contribution < 1.29 is 4.39 Å². The highest BCUT2D eigenvalue weighted by atomic mass is 19.1. The third kappa shape index (κ3) is 2.38. The first-order chi connectivity index (χ1) is 9.24. The summed E-state index contributed by atoms with van der Waals surface area (Å²) < 4.78 is 13.4. The van der Waals surface area contributed by atoms with E-state index in [2.05, 4.69) is 9.88 Å². The number of pyridine rings is 1. The molecule has 0 unspecified atom stereocenters. The molecule has 0 bridgehead atoms. The summed E-state index contributed by atoms with van der Waals surface area (Å²) in [7, 11) is 0. The second-order valence-corrected chi connectivity index (χ2v) is 4.84. The summed E-state index contributed by atoms with van der Waals surface area (Å²) in [6, 6.07) is 8.81. The summed E-state index contributed by atoms with van der Waals surface area (Å²) in [6.45, 7) is 2.14.